The molecule has 0 spiro atoms. The van der Waals surface area contributed by atoms with Crippen LogP contribution in [0.3, 0.4) is 0 Å². The number of aliphatic carboxylic acids is 1. The van der Waals surface area contributed by atoms with Crippen LogP contribution in [0.1, 0.15) is 13.8 Å². The third-order valence-corrected chi connectivity index (χ3v) is 5.68. The van der Waals surface area contributed by atoms with Gasteiger partial charge in [-0.1, -0.05) is 23.9 Å². The van der Waals surface area contributed by atoms with Gasteiger partial charge in [0.15, 0.2) is 0 Å². The van der Waals surface area contributed by atoms with E-state index in [0.717, 1.165) is 27.1 Å². The van der Waals surface area contributed by atoms with Gasteiger partial charge in [0.2, 0.25) is 0 Å². The van der Waals surface area contributed by atoms with Crippen molar-refractivity contribution < 1.29 is 14.6 Å². The van der Waals surface area contributed by atoms with E-state index in [1.807, 2.05) is 29.6 Å². The molecule has 0 bridgehead atoms. The maximum Gasteiger partial charge on any atom is 0.319 e. The summed E-state index contributed by atoms with van der Waals surface area (Å²) in [4.78, 5) is 21.0. The van der Waals surface area contributed by atoms with Crippen LogP contribution in [0.5, 0.6) is 5.75 Å². The van der Waals surface area contributed by atoms with Crippen LogP contribution in [-0.2, 0) is 4.79 Å². The molecule has 2 heterocycles. The van der Waals surface area contributed by atoms with Gasteiger partial charge in [-0.25, -0.2) is 9.97 Å². The number of thioether (sulfide) groups is 1. The van der Waals surface area contributed by atoms with Gasteiger partial charge in [0, 0.05) is 10.9 Å². The number of thiophene rings is 1. The minimum atomic E-state index is -0.972. The highest BCUT2D eigenvalue weighted by molar-refractivity contribution is 8.01. The molecule has 0 saturated heterocycles. The Morgan fingerprint density at radius 3 is 2.58 bits per heavy atom. The van der Waals surface area contributed by atoms with Crippen molar-refractivity contribution in [2.75, 3.05) is 7.11 Å². The summed E-state index contributed by atoms with van der Waals surface area (Å²) >= 11 is 2.76. The van der Waals surface area contributed by atoms with Crippen molar-refractivity contribution >= 4 is 39.3 Å². The Labute approximate surface area is 147 Å². The van der Waals surface area contributed by atoms with E-state index in [0.29, 0.717) is 5.03 Å². The van der Waals surface area contributed by atoms with E-state index >= 15 is 0 Å². The third-order valence-electron chi connectivity index (χ3n) is 3.60. The number of fused-ring (bicyclic) bond motifs is 1. The lowest BCUT2D eigenvalue weighted by Crippen LogP contribution is -2.27. The topological polar surface area (TPSA) is 72.3 Å². The summed E-state index contributed by atoms with van der Waals surface area (Å²) in [5.41, 5.74) is 2.02. The summed E-state index contributed by atoms with van der Waals surface area (Å²) < 4.78 is 4.23. The number of carbonyl (C=O) groups is 1. The summed E-state index contributed by atoms with van der Waals surface area (Å²) in [5.74, 6) is -0.0865. The molecule has 1 N–H and O–H groups in total. The van der Waals surface area contributed by atoms with Crippen LogP contribution in [0.4, 0.5) is 0 Å². The first-order valence-electron chi connectivity index (χ1n) is 7.21. The van der Waals surface area contributed by atoms with Crippen LogP contribution < -0.4 is 4.74 Å². The van der Waals surface area contributed by atoms with Crippen molar-refractivity contribution in [3.05, 3.63) is 36.0 Å². The van der Waals surface area contributed by atoms with E-state index in [1.165, 1.54) is 29.4 Å². The zero-order chi connectivity index (χ0) is 17.3. The van der Waals surface area contributed by atoms with E-state index in [9.17, 15) is 9.90 Å². The Morgan fingerprint density at radius 2 is 1.96 bits per heavy atom. The van der Waals surface area contributed by atoms with E-state index < -0.39 is 10.7 Å². The molecule has 0 saturated carbocycles. The van der Waals surface area contributed by atoms with Gasteiger partial charge in [-0.3, -0.25) is 4.79 Å². The SMILES string of the molecule is COc1ccc(-c2csc3ncnc(SC(C)(C)C(=O)O)c23)cc1. The number of carboxylic acids is 1. The Bertz CT molecular complexity index is 888. The first-order chi connectivity index (χ1) is 11.4. The molecular weight excluding hydrogens is 344 g/mol. The highest BCUT2D eigenvalue weighted by Crippen LogP contribution is 2.41. The van der Waals surface area contributed by atoms with Gasteiger partial charge in [-0.2, -0.15) is 0 Å². The predicted molar refractivity (Wildman–Crippen MR) is 97.0 cm³/mol. The van der Waals surface area contributed by atoms with E-state index in [1.54, 1.807) is 21.0 Å². The lowest BCUT2D eigenvalue weighted by atomic mass is 10.1. The maximum absolute atomic E-state index is 11.4. The molecule has 24 heavy (non-hydrogen) atoms. The molecule has 124 valence electrons. The number of carboxylic acid groups (broad SMARTS) is 1. The number of methoxy groups -OCH3 is 1. The Kier molecular flexibility index (Phi) is 4.47. The van der Waals surface area contributed by atoms with Crippen LogP contribution in [0, 0.1) is 0 Å². The minimum absolute atomic E-state index is 0.680. The summed E-state index contributed by atoms with van der Waals surface area (Å²) in [6, 6.07) is 7.75. The molecule has 7 heteroatoms. The summed E-state index contributed by atoms with van der Waals surface area (Å²) in [6.45, 7) is 3.35. The molecule has 0 atom stereocenters. The standard InChI is InChI=1S/C17H16N2O3S2/c1-17(2,16(20)21)24-15-13-12(8-23-14(13)18-9-19-15)10-4-6-11(22-3)7-5-10/h4-9H,1-3H3,(H,20,21). The van der Waals surface area contributed by atoms with Crippen molar-refractivity contribution in [1.29, 1.82) is 0 Å². The third kappa shape index (κ3) is 3.09. The number of hydrogen-bond acceptors (Lipinski definition) is 6. The van der Waals surface area contributed by atoms with E-state index in [2.05, 4.69) is 9.97 Å². The Balaban J connectivity index is 2.11. The molecule has 0 amide bonds. The second-order valence-electron chi connectivity index (χ2n) is 5.65. The average Bonchev–Trinajstić information content (AvgIpc) is 3.00. The molecule has 0 aliphatic carbocycles. The normalized spacial score (nSPS) is 11.6. The molecule has 0 radical (unpaired) electrons. The summed E-state index contributed by atoms with van der Waals surface area (Å²) in [6.07, 6.45) is 1.48. The number of benzene rings is 1. The van der Waals surface area contributed by atoms with Gasteiger partial charge in [0.1, 0.15) is 26.7 Å². The molecule has 2 aromatic heterocycles. The second kappa shape index (κ2) is 6.41. The lowest BCUT2D eigenvalue weighted by molar-refractivity contribution is -0.138. The van der Waals surface area contributed by atoms with Gasteiger partial charge in [0.25, 0.3) is 0 Å². The Morgan fingerprint density at radius 1 is 1.25 bits per heavy atom. The van der Waals surface area contributed by atoms with Gasteiger partial charge in [-0.15, -0.1) is 11.3 Å². The monoisotopic (exact) mass is 360 g/mol. The van der Waals surface area contributed by atoms with Crippen LogP contribution in [0.15, 0.2) is 41.0 Å². The van der Waals surface area contributed by atoms with E-state index in [4.69, 9.17) is 4.74 Å². The smallest absolute Gasteiger partial charge is 0.319 e. The molecule has 0 aliphatic heterocycles. The zero-order valence-corrected chi connectivity index (χ0v) is 15.1. The van der Waals surface area contributed by atoms with Gasteiger partial charge in [-0.05, 0) is 31.5 Å². The molecule has 0 fully saturated rings. The molecule has 3 rings (SSSR count). The number of hydrogen-bond donors (Lipinski definition) is 1. The fourth-order valence-corrected chi connectivity index (χ4v) is 4.15. The molecular formula is C17H16N2O3S2. The van der Waals surface area contributed by atoms with Crippen molar-refractivity contribution in [2.24, 2.45) is 0 Å². The van der Waals surface area contributed by atoms with Crippen molar-refractivity contribution in [3.8, 4) is 16.9 Å². The number of aromatic nitrogens is 2. The van der Waals surface area contributed by atoms with Crippen molar-refractivity contribution in [1.82, 2.24) is 9.97 Å². The minimum Gasteiger partial charge on any atom is -0.497 e. The second-order valence-corrected chi connectivity index (χ2v) is 8.12. The Hall–Kier alpha value is -2.12. The fraction of sp³-hybridized carbons (Fsp3) is 0.235. The van der Waals surface area contributed by atoms with Crippen LogP contribution in [-0.4, -0.2) is 32.9 Å². The maximum atomic E-state index is 11.4. The first-order valence-corrected chi connectivity index (χ1v) is 8.91. The fourth-order valence-electron chi connectivity index (χ4n) is 2.19. The van der Waals surface area contributed by atoms with Crippen molar-refractivity contribution in [2.45, 2.75) is 23.6 Å². The highest BCUT2D eigenvalue weighted by atomic mass is 32.2. The largest absolute Gasteiger partial charge is 0.497 e. The highest BCUT2D eigenvalue weighted by Gasteiger charge is 2.30. The number of rotatable bonds is 5. The van der Waals surface area contributed by atoms with Gasteiger partial charge >= 0.3 is 5.97 Å². The number of ether oxygens (including phenoxy) is 1. The number of nitrogens with zero attached hydrogens (tertiary/aromatic N) is 2. The summed E-state index contributed by atoms with van der Waals surface area (Å²) in [5, 5.41) is 13.0. The molecule has 3 aromatic rings. The lowest BCUT2D eigenvalue weighted by Gasteiger charge is -2.18. The average molecular weight is 360 g/mol. The van der Waals surface area contributed by atoms with Crippen LogP contribution in [0.2, 0.25) is 0 Å². The first kappa shape index (κ1) is 16.7. The van der Waals surface area contributed by atoms with Crippen LogP contribution >= 0.6 is 23.1 Å². The molecule has 5 nitrogen and oxygen atoms in total. The van der Waals surface area contributed by atoms with Crippen molar-refractivity contribution in [3.63, 3.8) is 0 Å². The zero-order valence-electron chi connectivity index (χ0n) is 13.4. The van der Waals surface area contributed by atoms with Gasteiger partial charge in [0.05, 0.1) is 12.5 Å². The quantitative estimate of drug-likeness (QED) is 0.539. The van der Waals surface area contributed by atoms with E-state index in [-0.39, 0.29) is 0 Å². The molecule has 0 aliphatic rings. The molecule has 0 unspecified atom stereocenters. The summed E-state index contributed by atoms with van der Waals surface area (Å²) in [7, 11) is 1.63. The van der Waals surface area contributed by atoms with Gasteiger partial charge < -0.3 is 9.84 Å². The van der Waals surface area contributed by atoms with Crippen LogP contribution in [0.25, 0.3) is 21.3 Å². The predicted octanol–water partition coefficient (Wildman–Crippen LogP) is 4.32. The molecule has 1 aromatic carbocycles.